The highest BCUT2D eigenvalue weighted by atomic mass is 32.1. The molecule has 0 unspecified atom stereocenters. The molecule has 1 aromatic heterocycles. The number of hydrogen-bond donors (Lipinski definition) is 2. The van der Waals surface area contributed by atoms with Crippen LogP contribution in [0.1, 0.15) is 38.3 Å². The minimum absolute atomic E-state index is 0.196. The molecule has 2 N–H and O–H groups in total. The zero-order chi connectivity index (χ0) is 19.5. The van der Waals surface area contributed by atoms with Gasteiger partial charge < -0.3 is 10.0 Å². The van der Waals surface area contributed by atoms with Gasteiger partial charge in [0, 0.05) is 24.6 Å². The summed E-state index contributed by atoms with van der Waals surface area (Å²) in [7, 11) is 0. The van der Waals surface area contributed by atoms with Gasteiger partial charge in [-0.2, -0.15) is 0 Å². The van der Waals surface area contributed by atoms with Gasteiger partial charge in [0.15, 0.2) is 0 Å². The number of anilines is 1. The fourth-order valence-corrected chi connectivity index (χ4v) is 3.27. The molecule has 0 bridgehead atoms. The molecule has 1 atom stereocenters. The Hall–Kier alpha value is -2.13. The van der Waals surface area contributed by atoms with Crippen molar-refractivity contribution in [1.29, 1.82) is 0 Å². The van der Waals surface area contributed by atoms with Crippen molar-refractivity contribution in [1.82, 2.24) is 15.1 Å². The predicted molar refractivity (Wildman–Crippen MR) is 96.3 cm³/mol. The van der Waals surface area contributed by atoms with E-state index in [4.69, 9.17) is 0 Å². The second-order valence-electron chi connectivity index (χ2n) is 6.51. The van der Waals surface area contributed by atoms with Gasteiger partial charge in [-0.05, 0) is 45.4 Å². The fourth-order valence-electron chi connectivity index (χ4n) is 2.41. The summed E-state index contributed by atoms with van der Waals surface area (Å²) < 4.78 is 27.1. The standard InChI is InChI=1S/C17H22F2N4O2S/c1-5-23(9-10(2)24)16(25)20-15-22-21-14(26-15)17(3,4)11-6-12(18)8-13(19)7-11/h6-8,10,24H,5,9H2,1-4H3,(H,20,22,25)/t10-/m0/s1. The number of aliphatic hydroxyl groups excluding tert-OH is 1. The van der Waals surface area contributed by atoms with E-state index in [-0.39, 0.29) is 11.7 Å². The van der Waals surface area contributed by atoms with Gasteiger partial charge in [-0.1, -0.05) is 11.3 Å². The molecule has 0 spiro atoms. The van der Waals surface area contributed by atoms with Gasteiger partial charge in [0.05, 0.1) is 6.10 Å². The molecule has 26 heavy (non-hydrogen) atoms. The van der Waals surface area contributed by atoms with Crippen molar-refractivity contribution in [2.75, 3.05) is 18.4 Å². The molecule has 0 aliphatic rings. The number of rotatable bonds is 6. The van der Waals surface area contributed by atoms with E-state index in [1.165, 1.54) is 17.0 Å². The Bertz CT molecular complexity index is 760. The van der Waals surface area contributed by atoms with Gasteiger partial charge >= 0.3 is 6.03 Å². The van der Waals surface area contributed by atoms with Crippen LogP contribution in [0, 0.1) is 11.6 Å². The number of amides is 2. The molecule has 6 nitrogen and oxygen atoms in total. The molecule has 2 rings (SSSR count). The van der Waals surface area contributed by atoms with Crippen molar-refractivity contribution in [3.63, 3.8) is 0 Å². The molecule has 2 amide bonds. The van der Waals surface area contributed by atoms with Crippen LogP contribution in [0.25, 0.3) is 0 Å². The summed E-state index contributed by atoms with van der Waals surface area (Å²) in [5.41, 5.74) is -0.360. The van der Waals surface area contributed by atoms with E-state index in [9.17, 15) is 18.7 Å². The van der Waals surface area contributed by atoms with Crippen molar-refractivity contribution in [3.05, 3.63) is 40.4 Å². The Morgan fingerprint density at radius 2 is 1.92 bits per heavy atom. The molecule has 0 aliphatic heterocycles. The van der Waals surface area contributed by atoms with Gasteiger partial charge in [-0.25, -0.2) is 13.6 Å². The van der Waals surface area contributed by atoms with Gasteiger partial charge in [0.2, 0.25) is 5.13 Å². The summed E-state index contributed by atoms with van der Waals surface area (Å²) in [6, 6.07) is 2.92. The summed E-state index contributed by atoms with van der Waals surface area (Å²) in [4.78, 5) is 13.7. The molecule has 0 saturated carbocycles. The maximum atomic E-state index is 13.5. The first-order chi connectivity index (χ1) is 12.1. The number of nitrogens with zero attached hydrogens (tertiary/aromatic N) is 3. The summed E-state index contributed by atoms with van der Waals surface area (Å²) in [6.45, 7) is 7.57. The number of carbonyl (C=O) groups excluding carboxylic acids is 1. The van der Waals surface area contributed by atoms with Crippen LogP contribution in [0.4, 0.5) is 18.7 Å². The minimum Gasteiger partial charge on any atom is -0.392 e. The average molecular weight is 384 g/mol. The minimum atomic E-state index is -0.784. The lowest BCUT2D eigenvalue weighted by atomic mass is 9.85. The lowest BCUT2D eigenvalue weighted by molar-refractivity contribution is 0.141. The Labute approximate surface area is 154 Å². The highest BCUT2D eigenvalue weighted by molar-refractivity contribution is 7.15. The number of carbonyl (C=O) groups is 1. The maximum Gasteiger partial charge on any atom is 0.323 e. The number of hydrogen-bond acceptors (Lipinski definition) is 5. The average Bonchev–Trinajstić information content (AvgIpc) is 3.00. The molecule has 0 radical (unpaired) electrons. The van der Waals surface area contributed by atoms with Crippen LogP contribution >= 0.6 is 11.3 Å². The summed E-state index contributed by atoms with van der Waals surface area (Å²) >= 11 is 1.13. The second-order valence-corrected chi connectivity index (χ2v) is 7.49. The fraction of sp³-hybridized carbons (Fsp3) is 0.471. The molecule has 0 saturated heterocycles. The third-order valence-electron chi connectivity index (χ3n) is 3.91. The predicted octanol–water partition coefficient (Wildman–Crippen LogP) is 3.38. The molecular formula is C17H22F2N4O2S. The highest BCUT2D eigenvalue weighted by Crippen LogP contribution is 2.35. The Morgan fingerprint density at radius 1 is 1.31 bits per heavy atom. The Balaban J connectivity index is 2.19. The zero-order valence-corrected chi connectivity index (χ0v) is 15.9. The van der Waals surface area contributed by atoms with E-state index in [0.717, 1.165) is 17.4 Å². The molecule has 0 fully saturated rings. The normalized spacial score (nSPS) is 12.7. The van der Waals surface area contributed by atoms with Gasteiger partial charge in [0.25, 0.3) is 0 Å². The topological polar surface area (TPSA) is 78.4 Å². The Morgan fingerprint density at radius 3 is 2.46 bits per heavy atom. The lowest BCUT2D eigenvalue weighted by Gasteiger charge is -2.22. The first-order valence-corrected chi connectivity index (χ1v) is 8.99. The first-order valence-electron chi connectivity index (χ1n) is 8.18. The van der Waals surface area contributed by atoms with Crippen molar-refractivity contribution in [2.24, 2.45) is 0 Å². The van der Waals surface area contributed by atoms with Crippen molar-refractivity contribution in [3.8, 4) is 0 Å². The number of aromatic nitrogens is 2. The van der Waals surface area contributed by atoms with Crippen LogP contribution in [-0.2, 0) is 5.41 Å². The van der Waals surface area contributed by atoms with Crippen molar-refractivity contribution < 1.29 is 18.7 Å². The number of halogens is 2. The third-order valence-corrected chi connectivity index (χ3v) is 5.07. The molecule has 0 aliphatic carbocycles. The summed E-state index contributed by atoms with van der Waals surface area (Å²) in [5.74, 6) is -1.33. The summed E-state index contributed by atoms with van der Waals surface area (Å²) in [5, 5.41) is 20.9. The van der Waals surface area contributed by atoms with E-state index in [1.807, 2.05) is 0 Å². The quantitative estimate of drug-likeness (QED) is 0.800. The number of nitrogens with one attached hydrogen (secondary N) is 1. The van der Waals surface area contributed by atoms with Gasteiger partial charge in [-0.15, -0.1) is 10.2 Å². The lowest BCUT2D eigenvalue weighted by Crippen LogP contribution is -2.39. The SMILES string of the molecule is CCN(C[C@H](C)O)C(=O)Nc1nnc(C(C)(C)c2cc(F)cc(F)c2)s1. The molecule has 1 aromatic carbocycles. The maximum absolute atomic E-state index is 13.5. The smallest absolute Gasteiger partial charge is 0.323 e. The highest BCUT2D eigenvalue weighted by Gasteiger charge is 2.29. The molecule has 1 heterocycles. The number of aliphatic hydroxyl groups is 1. The monoisotopic (exact) mass is 384 g/mol. The van der Waals surface area contributed by atoms with Crippen LogP contribution in [0.2, 0.25) is 0 Å². The summed E-state index contributed by atoms with van der Waals surface area (Å²) in [6.07, 6.45) is -0.646. The van der Waals surface area contributed by atoms with E-state index in [0.29, 0.717) is 17.1 Å². The van der Waals surface area contributed by atoms with Gasteiger partial charge in [0.1, 0.15) is 16.6 Å². The largest absolute Gasteiger partial charge is 0.392 e. The van der Waals surface area contributed by atoms with E-state index in [2.05, 4.69) is 15.5 Å². The van der Waals surface area contributed by atoms with E-state index < -0.39 is 29.2 Å². The van der Waals surface area contributed by atoms with Crippen LogP contribution in [0.3, 0.4) is 0 Å². The van der Waals surface area contributed by atoms with Crippen LogP contribution in [-0.4, -0.2) is 45.4 Å². The molecule has 9 heteroatoms. The second kappa shape index (κ2) is 8.05. The van der Waals surface area contributed by atoms with E-state index >= 15 is 0 Å². The van der Waals surface area contributed by atoms with Crippen LogP contribution < -0.4 is 5.32 Å². The molecule has 2 aromatic rings. The van der Waals surface area contributed by atoms with E-state index in [1.54, 1.807) is 27.7 Å². The number of benzene rings is 1. The first kappa shape index (κ1) is 20.2. The van der Waals surface area contributed by atoms with Crippen LogP contribution in [0.5, 0.6) is 0 Å². The number of urea groups is 1. The van der Waals surface area contributed by atoms with Gasteiger partial charge in [-0.3, -0.25) is 5.32 Å². The van der Waals surface area contributed by atoms with Crippen LogP contribution in [0.15, 0.2) is 18.2 Å². The van der Waals surface area contributed by atoms with Crippen molar-refractivity contribution in [2.45, 2.75) is 39.2 Å². The Kier molecular flexibility index (Phi) is 6.25. The number of likely N-dealkylation sites (N-methyl/N-ethyl adjacent to an activating group) is 1. The molecule has 142 valence electrons. The molecular weight excluding hydrogens is 362 g/mol. The zero-order valence-electron chi connectivity index (χ0n) is 15.1. The third kappa shape index (κ3) is 4.73. The van der Waals surface area contributed by atoms with Crippen molar-refractivity contribution >= 4 is 22.5 Å².